The largest absolute Gasteiger partial charge is 0.386 e. The van der Waals surface area contributed by atoms with Gasteiger partial charge in [-0.3, -0.25) is 0 Å². The van der Waals surface area contributed by atoms with Crippen LogP contribution in [0.2, 0.25) is 0 Å². The molecule has 3 atom stereocenters. The highest BCUT2D eigenvalue weighted by atomic mass is 79.9. The van der Waals surface area contributed by atoms with Crippen molar-refractivity contribution in [1.82, 2.24) is 0 Å². The highest BCUT2D eigenvalue weighted by Gasteiger charge is 2.32. The zero-order chi connectivity index (χ0) is 12.6. The van der Waals surface area contributed by atoms with Crippen LogP contribution in [-0.4, -0.2) is 17.8 Å². The Morgan fingerprint density at radius 2 is 2.06 bits per heavy atom. The molecule has 1 saturated heterocycles. The third-order valence-electron chi connectivity index (χ3n) is 3.62. The van der Waals surface area contributed by atoms with Gasteiger partial charge in [0.25, 0.3) is 0 Å². The molecule has 1 N–H and O–H groups in total. The Kier molecular flexibility index (Phi) is 3.91. The van der Waals surface area contributed by atoms with Gasteiger partial charge >= 0.3 is 0 Å². The number of aliphatic hydroxyl groups excluding tert-OH is 1. The smallest absolute Gasteiger partial charge is 0.106 e. The lowest BCUT2D eigenvalue weighted by Gasteiger charge is -2.23. The van der Waals surface area contributed by atoms with E-state index >= 15 is 0 Å². The average molecular weight is 299 g/mol. The molecule has 2 rings (SSSR count). The molecular weight excluding hydrogens is 280 g/mol. The lowest BCUT2D eigenvalue weighted by Crippen LogP contribution is -2.23. The summed E-state index contributed by atoms with van der Waals surface area (Å²) in [6, 6.07) is 4.12. The first kappa shape index (κ1) is 13.1. The van der Waals surface area contributed by atoms with Crippen LogP contribution in [0.5, 0.6) is 0 Å². The summed E-state index contributed by atoms with van der Waals surface area (Å²) < 4.78 is 6.73. The molecule has 0 radical (unpaired) electrons. The molecule has 1 heterocycles. The SMILES string of the molecule is Cc1cc(C(O)C2OCCC2C)c(C)cc1Br. The van der Waals surface area contributed by atoms with E-state index in [9.17, 15) is 5.11 Å². The van der Waals surface area contributed by atoms with Crippen molar-refractivity contribution in [2.24, 2.45) is 5.92 Å². The zero-order valence-corrected chi connectivity index (χ0v) is 12.1. The van der Waals surface area contributed by atoms with Crippen molar-refractivity contribution in [1.29, 1.82) is 0 Å². The van der Waals surface area contributed by atoms with Crippen molar-refractivity contribution in [2.75, 3.05) is 6.61 Å². The third kappa shape index (κ3) is 2.56. The van der Waals surface area contributed by atoms with Gasteiger partial charge in [-0.25, -0.2) is 0 Å². The fourth-order valence-electron chi connectivity index (χ4n) is 2.42. The second-order valence-electron chi connectivity index (χ2n) is 5.00. The van der Waals surface area contributed by atoms with Crippen molar-refractivity contribution in [3.63, 3.8) is 0 Å². The van der Waals surface area contributed by atoms with Gasteiger partial charge in [0.05, 0.1) is 6.10 Å². The highest BCUT2D eigenvalue weighted by molar-refractivity contribution is 9.10. The summed E-state index contributed by atoms with van der Waals surface area (Å²) in [6.45, 7) is 6.97. The van der Waals surface area contributed by atoms with Gasteiger partial charge in [0.15, 0.2) is 0 Å². The summed E-state index contributed by atoms with van der Waals surface area (Å²) in [4.78, 5) is 0. The number of aliphatic hydroxyl groups is 1. The van der Waals surface area contributed by atoms with Gasteiger partial charge in [-0.05, 0) is 48.9 Å². The minimum Gasteiger partial charge on any atom is -0.386 e. The molecule has 1 aliphatic rings. The third-order valence-corrected chi connectivity index (χ3v) is 4.48. The second kappa shape index (κ2) is 5.09. The Labute approximate surface area is 111 Å². The van der Waals surface area contributed by atoms with Gasteiger partial charge in [0, 0.05) is 11.1 Å². The number of aryl methyl sites for hydroxylation is 2. The van der Waals surface area contributed by atoms with Crippen molar-refractivity contribution in [3.05, 3.63) is 33.3 Å². The maximum Gasteiger partial charge on any atom is 0.106 e. The maximum absolute atomic E-state index is 10.4. The predicted octanol–water partition coefficient (Wildman–Crippen LogP) is 3.52. The van der Waals surface area contributed by atoms with Crippen LogP contribution in [0.3, 0.4) is 0 Å². The second-order valence-corrected chi connectivity index (χ2v) is 5.86. The monoisotopic (exact) mass is 298 g/mol. The summed E-state index contributed by atoms with van der Waals surface area (Å²) in [5.41, 5.74) is 3.25. The van der Waals surface area contributed by atoms with E-state index in [0.717, 1.165) is 34.2 Å². The molecule has 3 heteroatoms. The van der Waals surface area contributed by atoms with Crippen LogP contribution in [0.1, 0.15) is 36.1 Å². The topological polar surface area (TPSA) is 29.5 Å². The summed E-state index contributed by atoms with van der Waals surface area (Å²) >= 11 is 3.51. The van der Waals surface area contributed by atoms with E-state index in [2.05, 4.69) is 35.0 Å². The number of hydrogen-bond donors (Lipinski definition) is 1. The van der Waals surface area contributed by atoms with Gasteiger partial charge in [-0.15, -0.1) is 0 Å². The Balaban J connectivity index is 2.30. The molecule has 0 spiro atoms. The molecule has 0 amide bonds. The minimum atomic E-state index is -0.515. The normalized spacial score (nSPS) is 26.2. The number of rotatable bonds is 2. The van der Waals surface area contributed by atoms with E-state index < -0.39 is 6.10 Å². The van der Waals surface area contributed by atoms with Crippen LogP contribution < -0.4 is 0 Å². The Morgan fingerprint density at radius 1 is 1.35 bits per heavy atom. The molecule has 0 aromatic heterocycles. The summed E-state index contributed by atoms with van der Waals surface area (Å²) in [7, 11) is 0. The lowest BCUT2D eigenvalue weighted by molar-refractivity contribution is -0.0181. The molecule has 0 bridgehead atoms. The fraction of sp³-hybridized carbons (Fsp3) is 0.571. The summed E-state index contributed by atoms with van der Waals surface area (Å²) in [5, 5.41) is 10.4. The van der Waals surface area contributed by atoms with E-state index in [4.69, 9.17) is 4.74 Å². The van der Waals surface area contributed by atoms with Crippen LogP contribution in [0.15, 0.2) is 16.6 Å². The molecule has 0 aliphatic carbocycles. The van der Waals surface area contributed by atoms with Crippen LogP contribution >= 0.6 is 15.9 Å². The highest BCUT2D eigenvalue weighted by Crippen LogP contribution is 2.34. The fourth-order valence-corrected chi connectivity index (χ4v) is 2.88. The average Bonchev–Trinajstić information content (AvgIpc) is 2.69. The Morgan fingerprint density at radius 3 is 2.65 bits per heavy atom. The van der Waals surface area contributed by atoms with Crippen molar-refractivity contribution in [2.45, 2.75) is 39.4 Å². The summed E-state index contributed by atoms with van der Waals surface area (Å²) in [6.07, 6.45) is 0.463. The molecule has 1 fully saturated rings. The van der Waals surface area contributed by atoms with Crippen LogP contribution in [0.4, 0.5) is 0 Å². The molecule has 2 nitrogen and oxygen atoms in total. The van der Waals surface area contributed by atoms with E-state index in [0.29, 0.717) is 5.92 Å². The molecule has 17 heavy (non-hydrogen) atoms. The molecule has 1 aromatic carbocycles. The van der Waals surface area contributed by atoms with Gasteiger partial charge in [0.2, 0.25) is 0 Å². The molecule has 1 aliphatic heterocycles. The van der Waals surface area contributed by atoms with Crippen molar-refractivity contribution in [3.8, 4) is 0 Å². The van der Waals surface area contributed by atoms with E-state index in [1.807, 2.05) is 13.8 Å². The maximum atomic E-state index is 10.4. The number of hydrogen-bond acceptors (Lipinski definition) is 2. The zero-order valence-electron chi connectivity index (χ0n) is 10.5. The number of ether oxygens (including phenoxy) is 1. The first-order valence-electron chi connectivity index (χ1n) is 6.07. The van der Waals surface area contributed by atoms with Gasteiger partial charge in [0.1, 0.15) is 6.10 Å². The van der Waals surface area contributed by atoms with Crippen molar-refractivity contribution < 1.29 is 9.84 Å². The molecule has 1 aromatic rings. The van der Waals surface area contributed by atoms with Gasteiger partial charge < -0.3 is 9.84 Å². The first-order chi connectivity index (χ1) is 8.00. The van der Waals surface area contributed by atoms with E-state index in [-0.39, 0.29) is 6.10 Å². The lowest BCUT2D eigenvalue weighted by atomic mass is 9.91. The predicted molar refractivity (Wildman–Crippen MR) is 72.1 cm³/mol. The molecule has 3 unspecified atom stereocenters. The van der Waals surface area contributed by atoms with Crippen molar-refractivity contribution >= 4 is 15.9 Å². The van der Waals surface area contributed by atoms with E-state index in [1.54, 1.807) is 0 Å². The molecule has 0 saturated carbocycles. The quantitative estimate of drug-likeness (QED) is 0.905. The minimum absolute atomic E-state index is 0.0609. The van der Waals surface area contributed by atoms with Crippen LogP contribution in [0, 0.1) is 19.8 Å². The van der Waals surface area contributed by atoms with Gasteiger partial charge in [-0.2, -0.15) is 0 Å². The molecule has 94 valence electrons. The first-order valence-corrected chi connectivity index (χ1v) is 6.86. The van der Waals surface area contributed by atoms with Crippen LogP contribution in [-0.2, 0) is 4.74 Å². The van der Waals surface area contributed by atoms with Gasteiger partial charge in [-0.1, -0.05) is 28.9 Å². The molecular formula is C14H19BrO2. The standard InChI is InChI=1S/C14H19BrO2/c1-8-4-5-17-14(8)13(16)11-6-10(3)12(15)7-9(11)2/h6-8,13-14,16H,4-5H2,1-3H3. The number of halogens is 1. The Hall–Kier alpha value is -0.380. The summed E-state index contributed by atoms with van der Waals surface area (Å²) in [5.74, 6) is 0.424. The van der Waals surface area contributed by atoms with Crippen LogP contribution in [0.25, 0.3) is 0 Å². The number of benzene rings is 1. The van der Waals surface area contributed by atoms with E-state index in [1.165, 1.54) is 0 Å². The Bertz CT molecular complexity index is 417.